The normalized spacial score (nSPS) is 15.1. The summed E-state index contributed by atoms with van der Waals surface area (Å²) in [7, 11) is 0. The van der Waals surface area contributed by atoms with Gasteiger partial charge in [0.05, 0.1) is 13.1 Å². The zero-order chi connectivity index (χ0) is 21.7. The van der Waals surface area contributed by atoms with Gasteiger partial charge in [0.2, 0.25) is 11.8 Å². The highest BCUT2D eigenvalue weighted by molar-refractivity contribution is 5.93. The molecule has 0 radical (unpaired) electrons. The molecule has 1 heterocycles. The van der Waals surface area contributed by atoms with Crippen LogP contribution in [0.15, 0.2) is 36.4 Å². The largest absolute Gasteiger partial charge is 0.325 e. The summed E-state index contributed by atoms with van der Waals surface area (Å²) in [5, 5.41) is 5.25. The number of halogens is 2. The first-order valence-corrected chi connectivity index (χ1v) is 9.88. The van der Waals surface area contributed by atoms with Crippen LogP contribution in [0, 0.1) is 25.5 Å². The first-order chi connectivity index (χ1) is 14.3. The van der Waals surface area contributed by atoms with Crippen molar-refractivity contribution in [3.05, 3.63) is 59.2 Å². The lowest BCUT2D eigenvalue weighted by Crippen LogP contribution is -2.50. The van der Waals surface area contributed by atoms with Crippen LogP contribution in [0.2, 0.25) is 0 Å². The minimum atomic E-state index is -0.803. The van der Waals surface area contributed by atoms with Gasteiger partial charge in [-0.25, -0.2) is 8.78 Å². The van der Waals surface area contributed by atoms with Gasteiger partial charge in [-0.1, -0.05) is 18.2 Å². The molecule has 0 atom stereocenters. The number of aryl methyl sites for hydroxylation is 1. The molecule has 30 heavy (non-hydrogen) atoms. The number of benzene rings is 2. The average molecular weight is 416 g/mol. The first kappa shape index (κ1) is 21.9. The van der Waals surface area contributed by atoms with Gasteiger partial charge < -0.3 is 10.6 Å². The highest BCUT2D eigenvalue weighted by Crippen LogP contribution is 2.19. The molecule has 2 aromatic carbocycles. The predicted molar refractivity (Wildman–Crippen MR) is 112 cm³/mol. The van der Waals surface area contributed by atoms with E-state index in [0.29, 0.717) is 26.2 Å². The second-order valence-electron chi connectivity index (χ2n) is 7.49. The summed E-state index contributed by atoms with van der Waals surface area (Å²) in [6.07, 6.45) is 0. The molecule has 0 bridgehead atoms. The molecule has 2 amide bonds. The summed E-state index contributed by atoms with van der Waals surface area (Å²) in [4.78, 5) is 28.4. The molecule has 6 nitrogen and oxygen atoms in total. The second kappa shape index (κ2) is 9.77. The molecule has 8 heteroatoms. The fourth-order valence-corrected chi connectivity index (χ4v) is 3.38. The van der Waals surface area contributed by atoms with Crippen molar-refractivity contribution in [3.8, 4) is 0 Å². The Balaban J connectivity index is 1.44. The standard InChI is InChI=1S/C22H26F2N4O2/c1-15-5-3-8-19(16(15)2)25-20(29)13-27-9-11-28(12-10-27)14-21(30)26-22-17(23)6-4-7-18(22)24/h3-8H,9-14H2,1-2H3,(H,25,29)(H,26,30). The lowest BCUT2D eigenvalue weighted by atomic mass is 10.1. The molecule has 0 saturated carbocycles. The number of hydrogen-bond donors (Lipinski definition) is 2. The highest BCUT2D eigenvalue weighted by Gasteiger charge is 2.22. The third-order valence-corrected chi connectivity index (χ3v) is 5.31. The van der Waals surface area contributed by atoms with Crippen LogP contribution in [-0.4, -0.2) is 60.9 Å². The lowest BCUT2D eigenvalue weighted by Gasteiger charge is -2.33. The summed E-state index contributed by atoms with van der Waals surface area (Å²) in [5.41, 5.74) is 2.56. The minimum Gasteiger partial charge on any atom is -0.325 e. The number of carbonyl (C=O) groups is 2. The van der Waals surface area contributed by atoms with Crippen molar-refractivity contribution in [2.45, 2.75) is 13.8 Å². The maximum Gasteiger partial charge on any atom is 0.238 e. The van der Waals surface area contributed by atoms with Gasteiger partial charge in [0.15, 0.2) is 0 Å². The molecule has 0 spiro atoms. The summed E-state index contributed by atoms with van der Waals surface area (Å²) < 4.78 is 27.3. The lowest BCUT2D eigenvalue weighted by molar-refractivity contribution is -0.120. The number of nitrogens with one attached hydrogen (secondary N) is 2. The van der Waals surface area contributed by atoms with Crippen molar-refractivity contribution in [1.82, 2.24) is 9.80 Å². The number of amides is 2. The van der Waals surface area contributed by atoms with E-state index in [1.807, 2.05) is 41.8 Å². The monoisotopic (exact) mass is 416 g/mol. The molecule has 1 saturated heterocycles. The third kappa shape index (κ3) is 5.61. The molecule has 1 aliphatic heterocycles. The van der Waals surface area contributed by atoms with Crippen LogP contribution in [0.4, 0.5) is 20.2 Å². The summed E-state index contributed by atoms with van der Waals surface area (Å²) in [6.45, 7) is 6.71. The number of hydrogen-bond acceptors (Lipinski definition) is 4. The van der Waals surface area contributed by atoms with Gasteiger partial charge in [-0.05, 0) is 43.2 Å². The fraction of sp³-hybridized carbons (Fsp3) is 0.364. The molecule has 1 fully saturated rings. The van der Waals surface area contributed by atoms with Gasteiger partial charge in [0.25, 0.3) is 0 Å². The van der Waals surface area contributed by atoms with Crippen molar-refractivity contribution >= 4 is 23.2 Å². The SMILES string of the molecule is Cc1cccc(NC(=O)CN2CCN(CC(=O)Nc3c(F)cccc3F)CC2)c1C. The van der Waals surface area contributed by atoms with Crippen molar-refractivity contribution in [2.75, 3.05) is 49.9 Å². The van der Waals surface area contributed by atoms with Gasteiger partial charge in [-0.2, -0.15) is 0 Å². The number of piperazine rings is 1. The Bertz CT molecular complexity index is 907. The molecule has 2 N–H and O–H groups in total. The van der Waals surface area contributed by atoms with Crippen molar-refractivity contribution in [1.29, 1.82) is 0 Å². The molecular formula is C22H26F2N4O2. The van der Waals surface area contributed by atoms with E-state index in [4.69, 9.17) is 0 Å². The van der Waals surface area contributed by atoms with E-state index < -0.39 is 23.2 Å². The molecule has 160 valence electrons. The minimum absolute atomic E-state index is 0.0380. The number of anilines is 2. The van der Waals surface area contributed by atoms with E-state index in [2.05, 4.69) is 10.6 Å². The number of carbonyl (C=O) groups excluding carboxylic acids is 2. The van der Waals surface area contributed by atoms with Crippen molar-refractivity contribution in [3.63, 3.8) is 0 Å². The Morgan fingerprint density at radius 2 is 1.33 bits per heavy atom. The van der Waals surface area contributed by atoms with Gasteiger partial charge in [-0.3, -0.25) is 19.4 Å². The molecule has 0 aromatic heterocycles. The van der Waals surface area contributed by atoms with Crippen LogP contribution in [0.25, 0.3) is 0 Å². The molecule has 2 aromatic rings. The molecular weight excluding hydrogens is 390 g/mol. The zero-order valence-electron chi connectivity index (χ0n) is 17.2. The smallest absolute Gasteiger partial charge is 0.238 e. The van der Waals surface area contributed by atoms with E-state index in [0.717, 1.165) is 28.9 Å². The van der Waals surface area contributed by atoms with Gasteiger partial charge in [0.1, 0.15) is 17.3 Å². The van der Waals surface area contributed by atoms with E-state index in [1.54, 1.807) is 0 Å². The number of para-hydroxylation sites is 1. The molecule has 0 aliphatic carbocycles. The van der Waals surface area contributed by atoms with Crippen molar-refractivity contribution < 1.29 is 18.4 Å². The predicted octanol–water partition coefficient (Wildman–Crippen LogP) is 2.78. The average Bonchev–Trinajstić information content (AvgIpc) is 2.70. The summed E-state index contributed by atoms with van der Waals surface area (Å²) in [5.74, 6) is -2.16. The Kier molecular flexibility index (Phi) is 7.12. The summed E-state index contributed by atoms with van der Waals surface area (Å²) in [6, 6.07) is 9.24. The second-order valence-corrected chi connectivity index (χ2v) is 7.49. The third-order valence-electron chi connectivity index (χ3n) is 5.31. The number of nitrogens with zero attached hydrogens (tertiary/aromatic N) is 2. The van der Waals surface area contributed by atoms with Gasteiger partial charge in [0, 0.05) is 31.9 Å². The Morgan fingerprint density at radius 3 is 1.90 bits per heavy atom. The van der Waals surface area contributed by atoms with E-state index in [9.17, 15) is 18.4 Å². The van der Waals surface area contributed by atoms with E-state index in [1.165, 1.54) is 6.07 Å². The molecule has 1 aliphatic rings. The maximum absolute atomic E-state index is 13.7. The van der Waals surface area contributed by atoms with Crippen LogP contribution < -0.4 is 10.6 Å². The Hall–Kier alpha value is -2.84. The fourth-order valence-electron chi connectivity index (χ4n) is 3.38. The Morgan fingerprint density at radius 1 is 0.833 bits per heavy atom. The van der Waals surface area contributed by atoms with E-state index >= 15 is 0 Å². The quantitative estimate of drug-likeness (QED) is 0.760. The van der Waals surface area contributed by atoms with Crippen LogP contribution in [0.3, 0.4) is 0 Å². The van der Waals surface area contributed by atoms with Crippen LogP contribution >= 0.6 is 0 Å². The molecule has 0 unspecified atom stereocenters. The van der Waals surface area contributed by atoms with Gasteiger partial charge in [-0.15, -0.1) is 0 Å². The van der Waals surface area contributed by atoms with Crippen LogP contribution in [0.5, 0.6) is 0 Å². The van der Waals surface area contributed by atoms with Crippen LogP contribution in [0.1, 0.15) is 11.1 Å². The van der Waals surface area contributed by atoms with Gasteiger partial charge >= 0.3 is 0 Å². The van der Waals surface area contributed by atoms with Crippen molar-refractivity contribution in [2.24, 2.45) is 0 Å². The highest BCUT2D eigenvalue weighted by atomic mass is 19.1. The molecule has 3 rings (SSSR count). The number of rotatable bonds is 6. The maximum atomic E-state index is 13.7. The topological polar surface area (TPSA) is 64.7 Å². The Labute approximate surface area is 174 Å². The van der Waals surface area contributed by atoms with Crippen LogP contribution in [-0.2, 0) is 9.59 Å². The zero-order valence-corrected chi connectivity index (χ0v) is 17.2. The summed E-state index contributed by atoms with van der Waals surface area (Å²) >= 11 is 0. The first-order valence-electron chi connectivity index (χ1n) is 9.88. The van der Waals surface area contributed by atoms with E-state index in [-0.39, 0.29) is 19.0 Å².